The van der Waals surface area contributed by atoms with E-state index < -0.39 is 0 Å². The fourth-order valence-electron chi connectivity index (χ4n) is 3.33. The van der Waals surface area contributed by atoms with Gasteiger partial charge >= 0.3 is 0 Å². The zero-order valence-corrected chi connectivity index (χ0v) is 17.6. The minimum atomic E-state index is -0.237. The summed E-state index contributed by atoms with van der Waals surface area (Å²) in [5.41, 5.74) is 0.884. The topological polar surface area (TPSA) is 72.9 Å². The minimum Gasteiger partial charge on any atom is -0.468 e. The summed E-state index contributed by atoms with van der Waals surface area (Å²) >= 11 is 1.70. The Bertz CT molecular complexity index is 1010. The van der Waals surface area contributed by atoms with Crippen LogP contribution in [-0.2, 0) is 18.6 Å². The summed E-state index contributed by atoms with van der Waals surface area (Å²) in [5.74, 6) is 1.71. The molecular weight excluding hydrogens is 384 g/mol. The van der Waals surface area contributed by atoms with Crippen molar-refractivity contribution in [3.05, 3.63) is 82.5 Å². The van der Waals surface area contributed by atoms with Gasteiger partial charge in [-0.25, -0.2) is 4.68 Å². The van der Waals surface area contributed by atoms with Crippen molar-refractivity contribution in [1.29, 1.82) is 0 Å². The Morgan fingerprint density at radius 3 is 2.69 bits per heavy atom. The van der Waals surface area contributed by atoms with Crippen molar-refractivity contribution in [2.75, 3.05) is 0 Å². The molecule has 0 aromatic carbocycles. The standard InChI is InChI=1S/C21H24N6OS/c1-21(2,3)27-20(23-24-25-27)19(18-9-6-12-29-18)26(15-17-8-5-11-28-17)14-16-7-4-10-22-13-16/h4-13,19H,14-15H2,1-3H3/t19-/m0/s1. The minimum absolute atomic E-state index is 0.116. The van der Waals surface area contributed by atoms with Crippen LogP contribution in [-0.4, -0.2) is 30.1 Å². The summed E-state index contributed by atoms with van der Waals surface area (Å²) < 4.78 is 7.58. The molecule has 0 N–H and O–H groups in total. The Hall–Kier alpha value is -2.84. The molecule has 4 aromatic heterocycles. The SMILES string of the molecule is CC(C)(C)n1nnnc1[C@H](c1cccs1)N(Cc1cccnc1)Cc1ccco1. The molecule has 0 bridgehead atoms. The van der Waals surface area contributed by atoms with Gasteiger partial charge < -0.3 is 4.42 Å². The van der Waals surface area contributed by atoms with Gasteiger partial charge in [0.15, 0.2) is 5.82 Å². The molecule has 0 saturated carbocycles. The Balaban J connectivity index is 1.79. The van der Waals surface area contributed by atoms with Gasteiger partial charge in [-0.15, -0.1) is 16.4 Å². The molecule has 4 heterocycles. The summed E-state index contributed by atoms with van der Waals surface area (Å²) in [6, 6.07) is 12.0. The fourth-order valence-corrected chi connectivity index (χ4v) is 4.18. The molecule has 29 heavy (non-hydrogen) atoms. The average molecular weight is 409 g/mol. The van der Waals surface area contributed by atoms with Crippen molar-refractivity contribution in [1.82, 2.24) is 30.1 Å². The lowest BCUT2D eigenvalue weighted by Crippen LogP contribution is -2.34. The van der Waals surface area contributed by atoms with E-state index in [4.69, 9.17) is 4.42 Å². The van der Waals surface area contributed by atoms with Crippen LogP contribution in [0.25, 0.3) is 0 Å². The Morgan fingerprint density at radius 1 is 1.14 bits per heavy atom. The maximum absolute atomic E-state index is 5.67. The van der Waals surface area contributed by atoms with E-state index >= 15 is 0 Å². The van der Waals surface area contributed by atoms with Gasteiger partial charge in [0.1, 0.15) is 11.8 Å². The Morgan fingerprint density at radius 2 is 2.03 bits per heavy atom. The van der Waals surface area contributed by atoms with Crippen LogP contribution in [0.15, 0.2) is 64.9 Å². The van der Waals surface area contributed by atoms with Crippen LogP contribution in [0, 0.1) is 0 Å². The van der Waals surface area contributed by atoms with Gasteiger partial charge in [-0.05, 0) is 66.4 Å². The molecule has 0 amide bonds. The molecule has 0 saturated heterocycles. The molecule has 0 unspecified atom stereocenters. The van der Waals surface area contributed by atoms with Crippen molar-refractivity contribution in [2.45, 2.75) is 45.4 Å². The molecule has 0 spiro atoms. The van der Waals surface area contributed by atoms with Gasteiger partial charge in [0.25, 0.3) is 0 Å². The van der Waals surface area contributed by atoms with Crippen molar-refractivity contribution in [3.8, 4) is 0 Å². The van der Waals surface area contributed by atoms with E-state index in [9.17, 15) is 0 Å². The van der Waals surface area contributed by atoms with E-state index in [1.54, 1.807) is 23.8 Å². The van der Waals surface area contributed by atoms with Crippen LogP contribution in [0.2, 0.25) is 0 Å². The fraction of sp³-hybridized carbons (Fsp3) is 0.333. The third-order valence-corrected chi connectivity index (χ3v) is 5.52. The number of pyridine rings is 1. The highest BCUT2D eigenvalue weighted by molar-refractivity contribution is 7.10. The average Bonchev–Trinajstić information content (AvgIpc) is 3.45. The normalized spacial score (nSPS) is 13.1. The number of aromatic nitrogens is 5. The largest absolute Gasteiger partial charge is 0.468 e. The monoisotopic (exact) mass is 408 g/mol. The van der Waals surface area contributed by atoms with Gasteiger partial charge in [-0.1, -0.05) is 12.1 Å². The maximum atomic E-state index is 5.67. The number of thiophene rings is 1. The summed E-state index contributed by atoms with van der Waals surface area (Å²) in [7, 11) is 0. The van der Waals surface area contributed by atoms with Crippen molar-refractivity contribution >= 4 is 11.3 Å². The molecule has 150 valence electrons. The quantitative estimate of drug-likeness (QED) is 0.455. The van der Waals surface area contributed by atoms with Crippen LogP contribution in [0.5, 0.6) is 0 Å². The Kier molecular flexibility index (Phi) is 5.55. The molecular formula is C21H24N6OS. The molecule has 8 heteroatoms. The summed E-state index contributed by atoms with van der Waals surface area (Å²) in [5, 5.41) is 14.9. The van der Waals surface area contributed by atoms with Crippen molar-refractivity contribution < 1.29 is 4.42 Å². The van der Waals surface area contributed by atoms with E-state index in [0.717, 1.165) is 17.1 Å². The second kappa shape index (κ2) is 8.26. The van der Waals surface area contributed by atoms with Gasteiger partial charge in [0.2, 0.25) is 0 Å². The van der Waals surface area contributed by atoms with Crippen LogP contribution < -0.4 is 0 Å². The van der Waals surface area contributed by atoms with Crippen molar-refractivity contribution in [2.24, 2.45) is 0 Å². The zero-order chi connectivity index (χ0) is 20.3. The maximum Gasteiger partial charge on any atom is 0.174 e. The molecule has 1 atom stereocenters. The van der Waals surface area contributed by atoms with Gasteiger partial charge in [-0.3, -0.25) is 9.88 Å². The third-order valence-electron chi connectivity index (χ3n) is 4.60. The zero-order valence-electron chi connectivity index (χ0n) is 16.8. The number of hydrogen-bond donors (Lipinski definition) is 0. The van der Waals surface area contributed by atoms with E-state index in [1.807, 2.05) is 29.1 Å². The van der Waals surface area contributed by atoms with Gasteiger partial charge in [0.05, 0.1) is 18.3 Å². The smallest absolute Gasteiger partial charge is 0.174 e. The molecule has 4 aromatic rings. The van der Waals surface area contributed by atoms with Crippen LogP contribution in [0.1, 0.15) is 48.8 Å². The molecule has 0 aliphatic heterocycles. The number of rotatable bonds is 7. The molecule has 0 radical (unpaired) electrons. The predicted octanol–water partition coefficient (Wildman–Crippen LogP) is 4.27. The van der Waals surface area contributed by atoms with Crippen LogP contribution in [0.3, 0.4) is 0 Å². The van der Waals surface area contributed by atoms with Crippen LogP contribution in [0.4, 0.5) is 0 Å². The lowest BCUT2D eigenvalue weighted by Gasteiger charge is -2.31. The van der Waals surface area contributed by atoms with E-state index in [2.05, 4.69) is 69.8 Å². The first kappa shape index (κ1) is 19.5. The number of furan rings is 1. The third kappa shape index (κ3) is 4.44. The lowest BCUT2D eigenvalue weighted by atomic mass is 10.1. The molecule has 0 aliphatic rings. The second-order valence-electron chi connectivity index (χ2n) is 7.88. The molecule has 0 aliphatic carbocycles. The van der Waals surface area contributed by atoms with E-state index in [1.165, 1.54) is 4.88 Å². The first-order chi connectivity index (χ1) is 14.0. The Labute approximate surface area is 174 Å². The summed E-state index contributed by atoms with van der Waals surface area (Å²) in [4.78, 5) is 7.79. The van der Waals surface area contributed by atoms with Gasteiger partial charge in [-0.2, -0.15) is 0 Å². The lowest BCUT2D eigenvalue weighted by molar-refractivity contribution is 0.174. The summed E-state index contributed by atoms with van der Waals surface area (Å²) in [6.45, 7) is 7.64. The highest BCUT2D eigenvalue weighted by atomic mass is 32.1. The molecule has 4 rings (SSSR count). The molecule has 7 nitrogen and oxygen atoms in total. The predicted molar refractivity (Wildman–Crippen MR) is 111 cm³/mol. The highest BCUT2D eigenvalue weighted by Gasteiger charge is 2.32. The highest BCUT2D eigenvalue weighted by Crippen LogP contribution is 2.34. The van der Waals surface area contributed by atoms with E-state index in [-0.39, 0.29) is 11.6 Å². The number of hydrogen-bond acceptors (Lipinski definition) is 7. The summed E-state index contributed by atoms with van der Waals surface area (Å²) in [6.07, 6.45) is 5.39. The van der Waals surface area contributed by atoms with E-state index in [0.29, 0.717) is 13.1 Å². The first-order valence-corrected chi connectivity index (χ1v) is 10.4. The van der Waals surface area contributed by atoms with Crippen LogP contribution >= 0.6 is 11.3 Å². The second-order valence-corrected chi connectivity index (χ2v) is 8.86. The number of tetrazole rings is 1. The first-order valence-electron chi connectivity index (χ1n) is 9.50. The van der Waals surface area contributed by atoms with Crippen molar-refractivity contribution in [3.63, 3.8) is 0 Å². The molecule has 0 fully saturated rings. The number of nitrogens with zero attached hydrogens (tertiary/aromatic N) is 6. The van der Waals surface area contributed by atoms with Gasteiger partial charge in [0, 0.05) is 23.8 Å².